The third kappa shape index (κ3) is 3.18. The Kier molecular flexibility index (Phi) is 4.71. The van der Waals surface area contributed by atoms with E-state index in [1.54, 1.807) is 0 Å². The van der Waals surface area contributed by atoms with E-state index >= 15 is 0 Å². The number of amides is 1. The van der Waals surface area contributed by atoms with Crippen LogP contribution >= 0.6 is 11.6 Å². The summed E-state index contributed by atoms with van der Waals surface area (Å²) in [5.74, 6) is -1.20. The Morgan fingerprint density at radius 1 is 1.62 bits per heavy atom. The van der Waals surface area contributed by atoms with E-state index in [0.717, 1.165) is 6.07 Å². The monoisotopic (exact) mass is 245 g/mol. The molecule has 1 aromatic carbocycles. The lowest BCUT2D eigenvalue weighted by molar-refractivity contribution is 0.0911. The lowest BCUT2D eigenvalue weighted by atomic mass is 10.1. The molecule has 3 nitrogen and oxygen atoms in total. The van der Waals surface area contributed by atoms with Crippen molar-refractivity contribution in [2.75, 3.05) is 6.61 Å². The number of carbonyl (C=O) groups is 1. The van der Waals surface area contributed by atoms with E-state index in [9.17, 15) is 9.18 Å². The maximum Gasteiger partial charge on any atom is 0.254 e. The van der Waals surface area contributed by atoms with E-state index in [-0.39, 0.29) is 18.2 Å². The molecule has 1 atom stereocenters. The molecule has 5 heteroatoms. The second-order valence-corrected chi connectivity index (χ2v) is 3.82. The minimum Gasteiger partial charge on any atom is -0.394 e. The van der Waals surface area contributed by atoms with Crippen molar-refractivity contribution in [3.8, 4) is 0 Å². The van der Waals surface area contributed by atoms with Gasteiger partial charge in [0.1, 0.15) is 5.82 Å². The van der Waals surface area contributed by atoms with Crippen LogP contribution in [0.4, 0.5) is 4.39 Å². The average molecular weight is 246 g/mol. The molecular weight excluding hydrogens is 233 g/mol. The number of hydrogen-bond acceptors (Lipinski definition) is 2. The minimum atomic E-state index is -0.630. The van der Waals surface area contributed by atoms with Gasteiger partial charge < -0.3 is 10.4 Å². The maximum atomic E-state index is 13.3. The third-order valence-electron chi connectivity index (χ3n) is 2.22. The SMILES string of the molecule is CCC(CO)NC(=O)c1cc(Cl)ccc1F. The van der Waals surface area contributed by atoms with Crippen molar-refractivity contribution in [2.24, 2.45) is 0 Å². The van der Waals surface area contributed by atoms with Crippen LogP contribution in [0.1, 0.15) is 23.7 Å². The van der Waals surface area contributed by atoms with Crippen molar-refractivity contribution in [3.05, 3.63) is 34.6 Å². The Morgan fingerprint density at radius 2 is 2.31 bits per heavy atom. The van der Waals surface area contributed by atoms with Crippen LogP contribution in [0.25, 0.3) is 0 Å². The molecule has 2 N–H and O–H groups in total. The highest BCUT2D eigenvalue weighted by Crippen LogP contribution is 2.14. The normalized spacial score (nSPS) is 12.2. The van der Waals surface area contributed by atoms with Gasteiger partial charge in [-0.2, -0.15) is 0 Å². The second kappa shape index (κ2) is 5.82. The van der Waals surface area contributed by atoms with Gasteiger partial charge in [-0.15, -0.1) is 0 Å². The summed E-state index contributed by atoms with van der Waals surface area (Å²) in [6.07, 6.45) is 0.574. The van der Waals surface area contributed by atoms with E-state index in [0.29, 0.717) is 11.4 Å². The highest BCUT2D eigenvalue weighted by molar-refractivity contribution is 6.31. The van der Waals surface area contributed by atoms with Gasteiger partial charge in [0.05, 0.1) is 18.2 Å². The first-order valence-electron chi connectivity index (χ1n) is 4.95. The molecule has 0 spiro atoms. The van der Waals surface area contributed by atoms with Gasteiger partial charge in [0.25, 0.3) is 5.91 Å². The summed E-state index contributed by atoms with van der Waals surface area (Å²) in [5.41, 5.74) is -0.112. The van der Waals surface area contributed by atoms with Crippen molar-refractivity contribution in [1.82, 2.24) is 5.32 Å². The Balaban J connectivity index is 2.83. The Bertz CT molecular complexity index is 380. The summed E-state index contributed by atoms with van der Waals surface area (Å²) in [4.78, 5) is 11.6. The topological polar surface area (TPSA) is 49.3 Å². The van der Waals surface area contributed by atoms with Crippen molar-refractivity contribution in [1.29, 1.82) is 0 Å². The molecule has 1 aromatic rings. The largest absolute Gasteiger partial charge is 0.394 e. The standard InChI is InChI=1S/C11H13ClFNO2/c1-2-8(6-15)14-11(16)9-5-7(12)3-4-10(9)13/h3-5,8,15H,2,6H2,1H3,(H,14,16). The zero-order valence-electron chi connectivity index (χ0n) is 8.84. The molecular formula is C11H13ClFNO2. The molecule has 0 saturated heterocycles. The van der Waals surface area contributed by atoms with Crippen molar-refractivity contribution < 1.29 is 14.3 Å². The van der Waals surface area contributed by atoms with Crippen molar-refractivity contribution >= 4 is 17.5 Å². The molecule has 0 fully saturated rings. The second-order valence-electron chi connectivity index (χ2n) is 3.39. The van der Waals surface area contributed by atoms with Crippen LogP contribution in [0.3, 0.4) is 0 Å². The van der Waals surface area contributed by atoms with E-state index in [2.05, 4.69) is 5.32 Å². The molecule has 88 valence electrons. The number of nitrogens with one attached hydrogen (secondary N) is 1. The fourth-order valence-electron chi connectivity index (χ4n) is 1.21. The lowest BCUT2D eigenvalue weighted by Crippen LogP contribution is -2.37. The minimum absolute atomic E-state index is 0.112. The number of aliphatic hydroxyl groups is 1. The van der Waals surface area contributed by atoms with Crippen LogP contribution in [-0.2, 0) is 0 Å². The molecule has 0 aliphatic carbocycles. The number of hydrogen-bond donors (Lipinski definition) is 2. The summed E-state index contributed by atoms with van der Waals surface area (Å²) in [6, 6.07) is 3.40. The average Bonchev–Trinajstić information content (AvgIpc) is 2.28. The highest BCUT2D eigenvalue weighted by atomic mass is 35.5. The van der Waals surface area contributed by atoms with Gasteiger partial charge in [0, 0.05) is 5.02 Å². The van der Waals surface area contributed by atoms with Crippen molar-refractivity contribution in [3.63, 3.8) is 0 Å². The quantitative estimate of drug-likeness (QED) is 0.852. The van der Waals surface area contributed by atoms with Crippen LogP contribution in [0, 0.1) is 5.82 Å². The number of benzene rings is 1. The highest BCUT2D eigenvalue weighted by Gasteiger charge is 2.15. The third-order valence-corrected chi connectivity index (χ3v) is 2.46. The van der Waals surface area contributed by atoms with E-state index in [1.807, 2.05) is 6.92 Å². The van der Waals surface area contributed by atoms with Gasteiger partial charge >= 0.3 is 0 Å². The first-order chi connectivity index (χ1) is 7.58. The Hall–Kier alpha value is -1.13. The molecule has 16 heavy (non-hydrogen) atoms. The first-order valence-corrected chi connectivity index (χ1v) is 5.33. The van der Waals surface area contributed by atoms with Gasteiger partial charge in [-0.3, -0.25) is 4.79 Å². The summed E-state index contributed by atoms with van der Waals surface area (Å²) in [5, 5.41) is 11.7. The van der Waals surface area contributed by atoms with E-state index in [1.165, 1.54) is 12.1 Å². The molecule has 0 bridgehead atoms. The predicted octanol–water partition coefficient (Wildman–Crippen LogP) is 1.98. The van der Waals surface area contributed by atoms with Crippen LogP contribution in [0.5, 0.6) is 0 Å². The van der Waals surface area contributed by atoms with Gasteiger partial charge in [-0.1, -0.05) is 18.5 Å². The van der Waals surface area contributed by atoms with Gasteiger partial charge in [0.2, 0.25) is 0 Å². The molecule has 0 aliphatic heterocycles. The Labute approximate surface area is 98.2 Å². The molecule has 1 amide bonds. The number of carbonyl (C=O) groups excluding carboxylic acids is 1. The zero-order valence-corrected chi connectivity index (χ0v) is 9.59. The fourth-order valence-corrected chi connectivity index (χ4v) is 1.38. The number of rotatable bonds is 4. The summed E-state index contributed by atoms with van der Waals surface area (Å²) >= 11 is 5.67. The summed E-state index contributed by atoms with van der Waals surface area (Å²) in [6.45, 7) is 1.64. The lowest BCUT2D eigenvalue weighted by Gasteiger charge is -2.14. The summed E-state index contributed by atoms with van der Waals surface area (Å²) in [7, 11) is 0. The molecule has 1 rings (SSSR count). The van der Waals surface area contributed by atoms with Crippen molar-refractivity contribution in [2.45, 2.75) is 19.4 Å². The van der Waals surface area contributed by atoms with Gasteiger partial charge in [-0.25, -0.2) is 4.39 Å². The Morgan fingerprint density at radius 3 is 2.88 bits per heavy atom. The van der Waals surface area contributed by atoms with Gasteiger partial charge in [-0.05, 0) is 24.6 Å². The smallest absolute Gasteiger partial charge is 0.254 e. The number of aliphatic hydroxyl groups excluding tert-OH is 1. The molecule has 0 aromatic heterocycles. The van der Waals surface area contributed by atoms with Gasteiger partial charge in [0.15, 0.2) is 0 Å². The van der Waals surface area contributed by atoms with E-state index < -0.39 is 11.7 Å². The predicted molar refractivity (Wildman–Crippen MR) is 60.0 cm³/mol. The zero-order chi connectivity index (χ0) is 12.1. The summed E-state index contributed by atoms with van der Waals surface area (Å²) < 4.78 is 13.3. The molecule has 1 unspecified atom stereocenters. The van der Waals surface area contributed by atoms with Crippen LogP contribution < -0.4 is 5.32 Å². The fraction of sp³-hybridized carbons (Fsp3) is 0.364. The molecule has 0 saturated carbocycles. The van der Waals surface area contributed by atoms with Crippen LogP contribution in [-0.4, -0.2) is 23.7 Å². The molecule has 0 heterocycles. The van der Waals surface area contributed by atoms with E-state index in [4.69, 9.17) is 16.7 Å². The first kappa shape index (κ1) is 12.9. The molecule has 0 radical (unpaired) electrons. The van der Waals surface area contributed by atoms with Crippen LogP contribution in [0.15, 0.2) is 18.2 Å². The molecule has 0 aliphatic rings. The van der Waals surface area contributed by atoms with Crippen LogP contribution in [0.2, 0.25) is 5.02 Å². The maximum absolute atomic E-state index is 13.3. The number of halogens is 2.